The van der Waals surface area contributed by atoms with Gasteiger partial charge < -0.3 is 10.6 Å². The topological polar surface area (TPSA) is 106 Å². The minimum Gasteiger partial charge on any atom is -0.365 e. The molecule has 2 heterocycles. The first-order valence-electron chi connectivity index (χ1n) is 8.96. The maximum atomic E-state index is 11.7. The number of nitrogens with zero attached hydrogens (tertiary/aromatic N) is 4. The number of carbonyl (C=O) groups is 1. The van der Waals surface area contributed by atoms with E-state index in [0.717, 1.165) is 38.0 Å². The standard InChI is InChI=1S/C17H23N5O3/c18-16(23)14-9-13(22(24)25)10-19-17(14)21-5-3-20(4-6-21)15-8-11-1-2-12(15)7-11/h9-12,15H,1-8H2,(H2,18,23). The van der Waals surface area contributed by atoms with Crippen molar-refractivity contribution >= 4 is 17.4 Å². The maximum Gasteiger partial charge on any atom is 0.288 e. The van der Waals surface area contributed by atoms with E-state index < -0.39 is 10.8 Å². The van der Waals surface area contributed by atoms with Gasteiger partial charge in [0, 0.05) is 38.3 Å². The van der Waals surface area contributed by atoms with Gasteiger partial charge in [0.15, 0.2) is 0 Å². The molecule has 3 atom stereocenters. The van der Waals surface area contributed by atoms with Crippen LogP contribution in [0.3, 0.4) is 0 Å². The average Bonchev–Trinajstić information content (AvgIpc) is 3.24. The highest BCUT2D eigenvalue weighted by Gasteiger charge is 2.42. The number of nitrogens with two attached hydrogens (primary N) is 1. The lowest BCUT2D eigenvalue weighted by molar-refractivity contribution is -0.385. The predicted octanol–water partition coefficient (Wildman–Crippen LogP) is 1.40. The number of carbonyl (C=O) groups excluding carboxylic acids is 1. The summed E-state index contributed by atoms with van der Waals surface area (Å²) >= 11 is 0. The lowest BCUT2D eigenvalue weighted by atomic mass is 9.93. The van der Waals surface area contributed by atoms with Crippen LogP contribution in [0.2, 0.25) is 0 Å². The second kappa shape index (κ2) is 6.25. The zero-order valence-corrected chi connectivity index (χ0v) is 14.1. The molecule has 1 aliphatic heterocycles. The lowest BCUT2D eigenvalue weighted by Gasteiger charge is -2.41. The van der Waals surface area contributed by atoms with E-state index in [1.165, 1.54) is 37.9 Å². The fraction of sp³-hybridized carbons (Fsp3) is 0.647. The van der Waals surface area contributed by atoms with Crippen LogP contribution < -0.4 is 10.6 Å². The molecular weight excluding hydrogens is 322 g/mol. The number of fused-ring (bicyclic) bond motifs is 2. The fourth-order valence-corrected chi connectivity index (χ4v) is 4.90. The van der Waals surface area contributed by atoms with Crippen LogP contribution in [0, 0.1) is 22.0 Å². The molecule has 1 saturated heterocycles. The Morgan fingerprint density at radius 2 is 2.00 bits per heavy atom. The summed E-state index contributed by atoms with van der Waals surface area (Å²) in [6, 6.07) is 1.94. The summed E-state index contributed by atoms with van der Waals surface area (Å²) in [7, 11) is 0. The van der Waals surface area contributed by atoms with E-state index in [-0.39, 0.29) is 11.3 Å². The number of piperazine rings is 1. The molecule has 2 N–H and O–H groups in total. The highest BCUT2D eigenvalue weighted by molar-refractivity contribution is 5.98. The minimum atomic E-state index is -0.679. The molecule has 1 aromatic heterocycles. The van der Waals surface area contributed by atoms with Crippen LogP contribution >= 0.6 is 0 Å². The second-order valence-electron chi connectivity index (χ2n) is 7.45. The molecule has 3 fully saturated rings. The van der Waals surface area contributed by atoms with Crippen molar-refractivity contribution in [3.05, 3.63) is 27.9 Å². The van der Waals surface area contributed by atoms with E-state index in [4.69, 9.17) is 5.73 Å². The van der Waals surface area contributed by atoms with Crippen molar-refractivity contribution in [1.82, 2.24) is 9.88 Å². The number of amides is 1. The molecule has 0 radical (unpaired) electrons. The Balaban J connectivity index is 1.47. The largest absolute Gasteiger partial charge is 0.365 e. The van der Waals surface area contributed by atoms with Crippen molar-refractivity contribution in [1.29, 1.82) is 0 Å². The molecule has 4 rings (SSSR count). The Bertz CT molecular complexity index is 702. The van der Waals surface area contributed by atoms with E-state index in [1.807, 2.05) is 4.90 Å². The molecule has 25 heavy (non-hydrogen) atoms. The monoisotopic (exact) mass is 345 g/mol. The molecule has 0 spiro atoms. The molecule has 8 nitrogen and oxygen atoms in total. The number of primary amides is 1. The number of hydrogen-bond donors (Lipinski definition) is 1. The summed E-state index contributed by atoms with van der Waals surface area (Å²) in [5, 5.41) is 10.9. The summed E-state index contributed by atoms with van der Waals surface area (Å²) in [6.45, 7) is 3.40. The molecule has 3 unspecified atom stereocenters. The molecule has 2 saturated carbocycles. The molecule has 8 heteroatoms. The average molecular weight is 345 g/mol. The number of nitro groups is 1. The first-order chi connectivity index (χ1) is 12.0. The Kier molecular flexibility index (Phi) is 4.07. The summed E-state index contributed by atoms with van der Waals surface area (Å²) < 4.78 is 0. The summed E-state index contributed by atoms with van der Waals surface area (Å²) in [6.07, 6.45) is 6.68. The van der Waals surface area contributed by atoms with Gasteiger partial charge in [0.2, 0.25) is 0 Å². The zero-order chi connectivity index (χ0) is 17.6. The smallest absolute Gasteiger partial charge is 0.288 e. The second-order valence-corrected chi connectivity index (χ2v) is 7.45. The molecule has 0 aromatic carbocycles. The molecule has 134 valence electrons. The van der Waals surface area contributed by atoms with E-state index in [1.54, 1.807) is 0 Å². The number of aromatic nitrogens is 1. The van der Waals surface area contributed by atoms with Gasteiger partial charge >= 0.3 is 0 Å². The van der Waals surface area contributed by atoms with Gasteiger partial charge in [-0.25, -0.2) is 4.98 Å². The summed E-state index contributed by atoms with van der Waals surface area (Å²) in [4.78, 5) is 30.8. The van der Waals surface area contributed by atoms with Gasteiger partial charge in [-0.1, -0.05) is 6.42 Å². The van der Waals surface area contributed by atoms with Crippen molar-refractivity contribution in [2.24, 2.45) is 17.6 Å². The van der Waals surface area contributed by atoms with Gasteiger partial charge in [0.05, 0.1) is 10.5 Å². The third-order valence-electron chi connectivity index (χ3n) is 6.11. The van der Waals surface area contributed by atoms with Gasteiger partial charge in [0.1, 0.15) is 12.0 Å². The maximum absolute atomic E-state index is 11.7. The lowest BCUT2D eigenvalue weighted by Crippen LogP contribution is -2.52. The molecular formula is C17H23N5O3. The number of rotatable bonds is 4. The third kappa shape index (κ3) is 2.95. The van der Waals surface area contributed by atoms with Gasteiger partial charge in [-0.3, -0.25) is 19.8 Å². The highest BCUT2D eigenvalue weighted by Crippen LogP contribution is 2.46. The van der Waals surface area contributed by atoms with Crippen LogP contribution in [0.4, 0.5) is 11.5 Å². The van der Waals surface area contributed by atoms with Crippen LogP contribution in [-0.2, 0) is 0 Å². The molecule has 3 aliphatic rings. The minimum absolute atomic E-state index is 0.127. The summed E-state index contributed by atoms with van der Waals surface area (Å²) in [5.41, 5.74) is 5.34. The van der Waals surface area contributed by atoms with Crippen LogP contribution in [0.1, 0.15) is 36.0 Å². The Morgan fingerprint density at radius 1 is 1.24 bits per heavy atom. The molecule has 2 bridgehead atoms. The molecule has 1 amide bonds. The predicted molar refractivity (Wildman–Crippen MR) is 92.4 cm³/mol. The van der Waals surface area contributed by atoms with Gasteiger partial charge in [-0.2, -0.15) is 0 Å². The third-order valence-corrected chi connectivity index (χ3v) is 6.11. The Morgan fingerprint density at radius 3 is 2.56 bits per heavy atom. The van der Waals surface area contributed by atoms with Gasteiger partial charge in [-0.15, -0.1) is 0 Å². The Labute approximate surface area is 146 Å². The van der Waals surface area contributed by atoms with Gasteiger partial charge in [0.25, 0.3) is 11.6 Å². The van der Waals surface area contributed by atoms with Crippen LogP contribution in [-0.4, -0.2) is 52.9 Å². The number of anilines is 1. The molecule has 2 aliphatic carbocycles. The van der Waals surface area contributed by atoms with Crippen molar-refractivity contribution < 1.29 is 9.72 Å². The molecule has 1 aromatic rings. The first-order valence-corrected chi connectivity index (χ1v) is 8.96. The van der Waals surface area contributed by atoms with E-state index in [9.17, 15) is 14.9 Å². The van der Waals surface area contributed by atoms with E-state index in [2.05, 4.69) is 9.88 Å². The zero-order valence-electron chi connectivity index (χ0n) is 14.1. The van der Waals surface area contributed by atoms with Crippen molar-refractivity contribution in [3.8, 4) is 0 Å². The number of hydrogen-bond acceptors (Lipinski definition) is 6. The first kappa shape index (κ1) is 16.3. The SMILES string of the molecule is NC(=O)c1cc([N+](=O)[O-])cnc1N1CCN(C2CC3CCC2C3)CC1. The van der Waals surface area contributed by atoms with Gasteiger partial charge in [-0.05, 0) is 31.1 Å². The van der Waals surface area contributed by atoms with Crippen LogP contribution in [0.25, 0.3) is 0 Å². The number of pyridine rings is 1. The normalized spacial score (nSPS) is 29.1. The van der Waals surface area contributed by atoms with Crippen LogP contribution in [0.5, 0.6) is 0 Å². The van der Waals surface area contributed by atoms with Crippen molar-refractivity contribution in [2.45, 2.75) is 31.7 Å². The van der Waals surface area contributed by atoms with E-state index >= 15 is 0 Å². The quantitative estimate of drug-likeness (QED) is 0.653. The van der Waals surface area contributed by atoms with Crippen LogP contribution in [0.15, 0.2) is 12.3 Å². The van der Waals surface area contributed by atoms with Crippen molar-refractivity contribution in [3.63, 3.8) is 0 Å². The Hall–Kier alpha value is -2.22. The van der Waals surface area contributed by atoms with Crippen molar-refractivity contribution in [2.75, 3.05) is 31.1 Å². The fourth-order valence-electron chi connectivity index (χ4n) is 4.90. The summed E-state index contributed by atoms with van der Waals surface area (Å²) in [5.74, 6) is 1.56. The highest BCUT2D eigenvalue weighted by atomic mass is 16.6. The van der Waals surface area contributed by atoms with E-state index in [0.29, 0.717) is 11.9 Å².